The summed E-state index contributed by atoms with van der Waals surface area (Å²) in [7, 11) is -3.24. The molecule has 88 valence electrons. The second-order valence-corrected chi connectivity index (χ2v) is 7.37. The van der Waals surface area contributed by atoms with Crippen LogP contribution in [0.4, 0.5) is 5.69 Å². The van der Waals surface area contributed by atoms with E-state index in [2.05, 4.69) is 27.3 Å². The lowest BCUT2D eigenvalue weighted by Crippen LogP contribution is -2.18. The molecular formula is C10H11ClINO2S. The minimum atomic E-state index is -3.24. The van der Waals surface area contributed by atoms with Gasteiger partial charge in [0.25, 0.3) is 0 Å². The maximum Gasteiger partial charge on any atom is 0.233 e. The fourth-order valence-electron chi connectivity index (χ4n) is 1.38. The largest absolute Gasteiger partial charge is 0.282 e. The number of rotatable bonds is 4. The van der Waals surface area contributed by atoms with E-state index in [0.29, 0.717) is 16.6 Å². The maximum absolute atomic E-state index is 11.7. The van der Waals surface area contributed by atoms with Crippen molar-refractivity contribution in [1.29, 1.82) is 0 Å². The Morgan fingerprint density at radius 3 is 2.69 bits per heavy atom. The van der Waals surface area contributed by atoms with Gasteiger partial charge < -0.3 is 0 Å². The number of halogens is 2. The molecule has 0 heterocycles. The zero-order valence-corrected chi connectivity index (χ0v) is 12.1. The number of anilines is 1. The van der Waals surface area contributed by atoms with Gasteiger partial charge in [-0.05, 0) is 59.5 Å². The van der Waals surface area contributed by atoms with Gasteiger partial charge in [-0.1, -0.05) is 11.6 Å². The van der Waals surface area contributed by atoms with E-state index < -0.39 is 10.0 Å². The van der Waals surface area contributed by atoms with Crippen LogP contribution >= 0.6 is 34.2 Å². The first kappa shape index (κ1) is 12.4. The van der Waals surface area contributed by atoms with Crippen molar-refractivity contribution < 1.29 is 8.42 Å². The molecule has 1 aromatic rings. The molecule has 2 rings (SSSR count). The van der Waals surface area contributed by atoms with Crippen LogP contribution in [0.5, 0.6) is 0 Å². The number of sulfonamides is 1. The molecule has 0 atom stereocenters. The van der Waals surface area contributed by atoms with Gasteiger partial charge in [0.15, 0.2) is 0 Å². The van der Waals surface area contributed by atoms with Crippen molar-refractivity contribution in [3.63, 3.8) is 0 Å². The van der Waals surface area contributed by atoms with Crippen molar-refractivity contribution in [2.24, 2.45) is 5.92 Å². The molecule has 0 saturated heterocycles. The highest BCUT2D eigenvalue weighted by Crippen LogP contribution is 2.31. The van der Waals surface area contributed by atoms with Crippen LogP contribution in [0.15, 0.2) is 18.2 Å². The second kappa shape index (κ2) is 4.70. The van der Waals surface area contributed by atoms with Crippen molar-refractivity contribution in [2.45, 2.75) is 12.8 Å². The van der Waals surface area contributed by atoms with E-state index in [1.807, 2.05) is 6.07 Å². The molecule has 1 aromatic carbocycles. The van der Waals surface area contributed by atoms with Crippen LogP contribution in [-0.4, -0.2) is 14.2 Å². The van der Waals surface area contributed by atoms with E-state index in [4.69, 9.17) is 11.6 Å². The van der Waals surface area contributed by atoms with E-state index in [1.165, 1.54) is 0 Å². The summed E-state index contributed by atoms with van der Waals surface area (Å²) in [4.78, 5) is 0. The molecule has 0 bridgehead atoms. The molecule has 16 heavy (non-hydrogen) atoms. The van der Waals surface area contributed by atoms with Gasteiger partial charge in [-0.15, -0.1) is 0 Å². The third kappa shape index (κ3) is 3.49. The molecule has 1 aliphatic carbocycles. The maximum atomic E-state index is 11.7. The molecule has 1 saturated carbocycles. The Hall–Kier alpha value is -0.0100. The van der Waals surface area contributed by atoms with Gasteiger partial charge in [0.2, 0.25) is 10.0 Å². The van der Waals surface area contributed by atoms with Crippen LogP contribution in [-0.2, 0) is 10.0 Å². The molecule has 0 aliphatic heterocycles. The smallest absolute Gasteiger partial charge is 0.233 e. The predicted molar refractivity (Wildman–Crippen MR) is 74.3 cm³/mol. The Kier molecular flexibility index (Phi) is 3.65. The van der Waals surface area contributed by atoms with E-state index in [9.17, 15) is 8.42 Å². The molecule has 1 N–H and O–H groups in total. The summed E-state index contributed by atoms with van der Waals surface area (Å²) >= 11 is 8.08. The summed E-state index contributed by atoms with van der Waals surface area (Å²) in [6.45, 7) is 0. The Morgan fingerprint density at radius 1 is 1.44 bits per heavy atom. The van der Waals surface area contributed by atoms with Crippen molar-refractivity contribution in [3.05, 3.63) is 26.8 Å². The van der Waals surface area contributed by atoms with Gasteiger partial charge in [-0.25, -0.2) is 8.42 Å². The Labute approximate surface area is 114 Å². The number of hydrogen-bond donors (Lipinski definition) is 1. The summed E-state index contributed by atoms with van der Waals surface area (Å²) < 4.78 is 26.9. The lowest BCUT2D eigenvalue weighted by atomic mass is 10.3. The zero-order chi connectivity index (χ0) is 11.8. The number of hydrogen-bond acceptors (Lipinski definition) is 2. The van der Waals surface area contributed by atoms with Gasteiger partial charge in [0, 0.05) is 3.57 Å². The van der Waals surface area contributed by atoms with E-state index >= 15 is 0 Å². The number of nitrogens with one attached hydrogen (secondary N) is 1. The first-order chi connectivity index (χ1) is 7.46. The van der Waals surface area contributed by atoms with Crippen molar-refractivity contribution in [2.75, 3.05) is 10.5 Å². The first-order valence-corrected chi connectivity index (χ1v) is 8.03. The Balaban J connectivity index is 2.13. The van der Waals surface area contributed by atoms with Crippen LogP contribution in [0.1, 0.15) is 12.8 Å². The summed E-state index contributed by atoms with van der Waals surface area (Å²) in [5, 5.41) is 0.436. The molecule has 0 spiro atoms. The third-order valence-electron chi connectivity index (χ3n) is 2.35. The quantitative estimate of drug-likeness (QED) is 0.827. The van der Waals surface area contributed by atoms with Gasteiger partial charge >= 0.3 is 0 Å². The minimum absolute atomic E-state index is 0.204. The average molecular weight is 372 g/mol. The van der Waals surface area contributed by atoms with Crippen molar-refractivity contribution >= 4 is 49.9 Å². The standard InChI is InChI=1S/C10H11ClINO2S/c11-9-5-8(12)3-4-10(9)13-16(14,15)6-7-1-2-7/h3-5,7,13H,1-2,6H2. The van der Waals surface area contributed by atoms with Gasteiger partial charge in [-0.2, -0.15) is 0 Å². The van der Waals surface area contributed by atoms with Gasteiger partial charge in [-0.3, -0.25) is 4.72 Å². The third-order valence-corrected chi connectivity index (χ3v) is 4.77. The van der Waals surface area contributed by atoms with Gasteiger partial charge in [0.1, 0.15) is 0 Å². The molecule has 3 nitrogen and oxygen atoms in total. The van der Waals surface area contributed by atoms with Crippen LogP contribution < -0.4 is 4.72 Å². The monoisotopic (exact) mass is 371 g/mol. The van der Waals surface area contributed by atoms with Crippen LogP contribution in [0, 0.1) is 9.49 Å². The molecule has 6 heteroatoms. The molecule has 0 amide bonds. The van der Waals surface area contributed by atoms with Crippen molar-refractivity contribution in [1.82, 2.24) is 0 Å². The molecule has 1 aliphatic rings. The lowest BCUT2D eigenvalue weighted by molar-refractivity contribution is 0.597. The normalized spacial score (nSPS) is 16.1. The zero-order valence-electron chi connectivity index (χ0n) is 8.41. The average Bonchev–Trinajstić information content (AvgIpc) is 2.93. The van der Waals surface area contributed by atoms with Crippen molar-refractivity contribution in [3.8, 4) is 0 Å². The van der Waals surface area contributed by atoms with Crippen LogP contribution in [0.2, 0.25) is 5.02 Å². The Bertz CT molecular complexity index is 500. The second-order valence-electron chi connectivity index (χ2n) is 3.95. The fraction of sp³-hybridized carbons (Fsp3) is 0.400. The highest BCUT2D eigenvalue weighted by molar-refractivity contribution is 14.1. The number of benzene rings is 1. The molecule has 0 unspecified atom stereocenters. The molecular weight excluding hydrogens is 361 g/mol. The van der Waals surface area contributed by atoms with Crippen LogP contribution in [0.25, 0.3) is 0 Å². The topological polar surface area (TPSA) is 46.2 Å². The highest BCUT2D eigenvalue weighted by Gasteiger charge is 2.28. The molecule has 0 aromatic heterocycles. The first-order valence-electron chi connectivity index (χ1n) is 4.92. The predicted octanol–water partition coefficient (Wildman–Crippen LogP) is 3.10. The summed E-state index contributed by atoms with van der Waals surface area (Å²) in [6.07, 6.45) is 2.03. The minimum Gasteiger partial charge on any atom is -0.282 e. The molecule has 1 fully saturated rings. The summed E-state index contributed by atoms with van der Waals surface area (Å²) in [6, 6.07) is 5.24. The van der Waals surface area contributed by atoms with E-state index in [1.54, 1.807) is 12.1 Å². The summed E-state index contributed by atoms with van der Waals surface area (Å²) in [5.41, 5.74) is 0.461. The van der Waals surface area contributed by atoms with Crippen LogP contribution in [0.3, 0.4) is 0 Å². The highest BCUT2D eigenvalue weighted by atomic mass is 127. The summed E-state index contributed by atoms with van der Waals surface area (Å²) in [5.74, 6) is 0.537. The van der Waals surface area contributed by atoms with E-state index in [0.717, 1.165) is 16.4 Å². The SMILES string of the molecule is O=S(=O)(CC1CC1)Nc1ccc(I)cc1Cl. The van der Waals surface area contributed by atoms with Gasteiger partial charge in [0.05, 0.1) is 16.5 Å². The van der Waals surface area contributed by atoms with E-state index in [-0.39, 0.29) is 5.75 Å². The Morgan fingerprint density at radius 2 is 2.12 bits per heavy atom. The molecule has 0 radical (unpaired) electrons. The lowest BCUT2D eigenvalue weighted by Gasteiger charge is -2.09. The fourth-order valence-corrected chi connectivity index (χ4v) is 3.89.